The molecule has 2 aliphatic heterocycles. The molecule has 0 spiro atoms. The lowest BCUT2D eigenvalue weighted by atomic mass is 9.99. The van der Waals surface area contributed by atoms with Gasteiger partial charge < -0.3 is 20.7 Å². The Kier molecular flexibility index (Phi) is 6.82. The summed E-state index contributed by atoms with van der Waals surface area (Å²) in [5.74, 6) is 0.993. The topological polar surface area (TPSA) is 74.8 Å². The molecule has 0 aromatic carbocycles. The molecule has 2 heterocycles. The molecule has 0 aliphatic carbocycles. The Morgan fingerprint density at radius 3 is 2.86 bits per heavy atom. The van der Waals surface area contributed by atoms with E-state index in [0.29, 0.717) is 13.0 Å². The lowest BCUT2D eigenvalue weighted by molar-refractivity contribution is -0.122. The third-order valence-electron chi connectivity index (χ3n) is 4.31. The molecule has 7 heteroatoms. The van der Waals surface area contributed by atoms with E-state index in [1.807, 2.05) is 11.8 Å². The normalized spacial score (nSPS) is 25.5. The molecular formula is C15H28N4O2S. The average molecular weight is 328 g/mol. The van der Waals surface area contributed by atoms with Crippen LogP contribution in [0.2, 0.25) is 0 Å². The van der Waals surface area contributed by atoms with Gasteiger partial charge in [-0.1, -0.05) is 0 Å². The smallest absolute Gasteiger partial charge is 0.220 e. The summed E-state index contributed by atoms with van der Waals surface area (Å²) in [6, 6.07) is 0.260. The van der Waals surface area contributed by atoms with Crippen molar-refractivity contribution in [3.8, 4) is 0 Å². The zero-order valence-electron chi connectivity index (χ0n) is 13.6. The maximum absolute atomic E-state index is 11.2. The van der Waals surface area contributed by atoms with Crippen LogP contribution in [0.25, 0.3) is 0 Å². The third-order valence-corrected chi connectivity index (χ3v) is 5.72. The predicted octanol–water partition coefficient (Wildman–Crippen LogP) is 0.732. The molecule has 6 nitrogen and oxygen atoms in total. The van der Waals surface area contributed by atoms with Crippen LogP contribution in [0, 0.1) is 0 Å². The number of piperidine rings is 1. The van der Waals surface area contributed by atoms with Crippen LogP contribution < -0.4 is 16.0 Å². The first-order chi connectivity index (χ1) is 10.7. The lowest BCUT2D eigenvalue weighted by Crippen LogP contribution is -2.51. The summed E-state index contributed by atoms with van der Waals surface area (Å²) in [5, 5.41) is 9.65. The van der Waals surface area contributed by atoms with E-state index in [4.69, 9.17) is 9.73 Å². The van der Waals surface area contributed by atoms with Crippen molar-refractivity contribution in [1.29, 1.82) is 0 Å². The monoisotopic (exact) mass is 328 g/mol. The van der Waals surface area contributed by atoms with Crippen molar-refractivity contribution in [3.63, 3.8) is 0 Å². The van der Waals surface area contributed by atoms with Crippen LogP contribution in [-0.4, -0.2) is 61.8 Å². The highest BCUT2D eigenvalue weighted by atomic mass is 32.2. The van der Waals surface area contributed by atoms with Gasteiger partial charge in [0.15, 0.2) is 5.96 Å². The number of guanidine groups is 1. The molecule has 2 fully saturated rings. The third kappa shape index (κ3) is 5.05. The van der Waals surface area contributed by atoms with Crippen LogP contribution in [-0.2, 0) is 9.53 Å². The van der Waals surface area contributed by atoms with Gasteiger partial charge in [-0.2, -0.15) is 11.8 Å². The van der Waals surface area contributed by atoms with Gasteiger partial charge in [-0.05, 0) is 32.4 Å². The molecule has 0 radical (unpaired) electrons. The first kappa shape index (κ1) is 17.4. The Morgan fingerprint density at radius 1 is 1.50 bits per heavy atom. The number of amides is 1. The minimum atomic E-state index is 0.142. The van der Waals surface area contributed by atoms with Gasteiger partial charge in [-0.25, -0.2) is 0 Å². The van der Waals surface area contributed by atoms with E-state index in [1.165, 1.54) is 0 Å². The maximum atomic E-state index is 11.2. The quantitative estimate of drug-likeness (QED) is 0.512. The molecule has 0 aromatic rings. The van der Waals surface area contributed by atoms with Gasteiger partial charge in [0, 0.05) is 43.5 Å². The fourth-order valence-corrected chi connectivity index (χ4v) is 3.53. The molecule has 2 rings (SSSR count). The van der Waals surface area contributed by atoms with Crippen LogP contribution >= 0.6 is 11.8 Å². The molecular weight excluding hydrogens is 300 g/mol. The van der Waals surface area contributed by atoms with Crippen molar-refractivity contribution in [2.24, 2.45) is 4.99 Å². The number of aliphatic imine (C=N–C) groups is 1. The van der Waals surface area contributed by atoms with E-state index in [2.05, 4.69) is 29.1 Å². The zero-order valence-corrected chi connectivity index (χ0v) is 14.4. The lowest BCUT2D eigenvalue weighted by Gasteiger charge is -2.34. The second-order valence-electron chi connectivity index (χ2n) is 5.88. The SMILES string of the molecule is CCNC(=NCC1(SC)CCOCC1)NC1CCC(=O)NC1. The van der Waals surface area contributed by atoms with Crippen molar-refractivity contribution in [3.05, 3.63) is 0 Å². The molecule has 1 amide bonds. The van der Waals surface area contributed by atoms with Gasteiger partial charge in [0.25, 0.3) is 0 Å². The molecule has 2 saturated heterocycles. The van der Waals surface area contributed by atoms with E-state index in [1.54, 1.807) is 0 Å². The van der Waals surface area contributed by atoms with Gasteiger partial charge in [0.1, 0.15) is 0 Å². The number of ether oxygens (including phenoxy) is 1. The fraction of sp³-hybridized carbons (Fsp3) is 0.867. The summed E-state index contributed by atoms with van der Waals surface area (Å²) in [6.45, 7) is 6.03. The average Bonchev–Trinajstić information content (AvgIpc) is 2.56. The standard InChI is InChI=1S/C15H28N4O2S/c1-3-16-14(19-12-4-5-13(20)17-10-12)18-11-15(22-2)6-8-21-9-7-15/h12H,3-11H2,1-2H3,(H,17,20)(H2,16,18,19). The zero-order chi connectivity index (χ0) is 15.8. The van der Waals surface area contributed by atoms with Crippen molar-refractivity contribution < 1.29 is 9.53 Å². The molecule has 0 saturated carbocycles. The van der Waals surface area contributed by atoms with Crippen LogP contribution in [0.3, 0.4) is 0 Å². The molecule has 22 heavy (non-hydrogen) atoms. The number of nitrogens with zero attached hydrogens (tertiary/aromatic N) is 1. The number of rotatable bonds is 5. The summed E-state index contributed by atoms with van der Waals surface area (Å²) >= 11 is 1.90. The van der Waals surface area contributed by atoms with E-state index >= 15 is 0 Å². The highest BCUT2D eigenvalue weighted by molar-refractivity contribution is 8.00. The Morgan fingerprint density at radius 2 is 2.27 bits per heavy atom. The van der Waals surface area contributed by atoms with Gasteiger partial charge in [0.05, 0.1) is 6.54 Å². The Bertz CT molecular complexity index is 387. The Hall–Kier alpha value is -0.950. The molecule has 2 aliphatic rings. The summed E-state index contributed by atoms with van der Waals surface area (Å²) in [7, 11) is 0. The molecule has 0 bridgehead atoms. The van der Waals surface area contributed by atoms with Crippen LogP contribution in [0.5, 0.6) is 0 Å². The summed E-state index contributed by atoms with van der Waals surface area (Å²) in [6.07, 6.45) is 5.71. The highest BCUT2D eigenvalue weighted by Crippen LogP contribution is 2.33. The first-order valence-corrected chi connectivity index (χ1v) is 9.34. The van der Waals surface area contributed by atoms with Crippen molar-refractivity contribution in [2.75, 3.05) is 39.1 Å². The molecule has 3 N–H and O–H groups in total. The fourth-order valence-electron chi connectivity index (χ4n) is 2.76. The number of carbonyl (C=O) groups is 1. The summed E-state index contributed by atoms with van der Waals surface area (Å²) in [4.78, 5) is 16.0. The molecule has 126 valence electrons. The Balaban J connectivity index is 1.92. The van der Waals surface area contributed by atoms with Crippen molar-refractivity contribution in [2.45, 2.75) is 43.4 Å². The molecule has 1 atom stereocenters. The highest BCUT2D eigenvalue weighted by Gasteiger charge is 2.31. The summed E-state index contributed by atoms with van der Waals surface area (Å²) < 4.78 is 5.68. The van der Waals surface area contributed by atoms with Crippen LogP contribution in [0.4, 0.5) is 0 Å². The molecule has 1 unspecified atom stereocenters. The van der Waals surface area contributed by atoms with Gasteiger partial charge in [-0.15, -0.1) is 0 Å². The Labute approximate surface area is 137 Å². The van der Waals surface area contributed by atoms with E-state index in [-0.39, 0.29) is 16.7 Å². The van der Waals surface area contributed by atoms with Crippen molar-refractivity contribution >= 4 is 23.6 Å². The van der Waals surface area contributed by atoms with E-state index < -0.39 is 0 Å². The van der Waals surface area contributed by atoms with E-state index in [0.717, 1.165) is 51.5 Å². The largest absolute Gasteiger partial charge is 0.381 e. The number of hydrogen-bond acceptors (Lipinski definition) is 4. The van der Waals surface area contributed by atoms with Gasteiger partial charge in [-0.3, -0.25) is 9.79 Å². The van der Waals surface area contributed by atoms with Crippen LogP contribution in [0.1, 0.15) is 32.6 Å². The molecule has 0 aromatic heterocycles. The van der Waals surface area contributed by atoms with Crippen molar-refractivity contribution in [1.82, 2.24) is 16.0 Å². The minimum Gasteiger partial charge on any atom is -0.381 e. The van der Waals surface area contributed by atoms with Gasteiger partial charge >= 0.3 is 0 Å². The summed E-state index contributed by atoms with van der Waals surface area (Å²) in [5.41, 5.74) is 0. The van der Waals surface area contributed by atoms with Crippen LogP contribution in [0.15, 0.2) is 4.99 Å². The number of carbonyl (C=O) groups excluding carboxylic acids is 1. The first-order valence-electron chi connectivity index (χ1n) is 8.12. The maximum Gasteiger partial charge on any atom is 0.220 e. The number of hydrogen-bond donors (Lipinski definition) is 3. The minimum absolute atomic E-state index is 0.142. The number of thioether (sulfide) groups is 1. The second kappa shape index (κ2) is 8.62. The van der Waals surface area contributed by atoms with E-state index in [9.17, 15) is 4.79 Å². The van der Waals surface area contributed by atoms with Gasteiger partial charge in [0.2, 0.25) is 5.91 Å². The predicted molar refractivity (Wildman–Crippen MR) is 91.4 cm³/mol. The second-order valence-corrected chi connectivity index (χ2v) is 7.15. The number of nitrogens with one attached hydrogen (secondary N) is 3.